The lowest BCUT2D eigenvalue weighted by Gasteiger charge is -2.50. The number of thiophene rings is 3. The Morgan fingerprint density at radius 3 is 1.94 bits per heavy atom. The van der Waals surface area contributed by atoms with E-state index in [-0.39, 0.29) is 28.9 Å². The van der Waals surface area contributed by atoms with Crippen LogP contribution < -0.4 is 5.32 Å². The van der Waals surface area contributed by atoms with E-state index in [4.69, 9.17) is 4.43 Å². The highest BCUT2D eigenvalue weighted by Crippen LogP contribution is 2.67. The van der Waals surface area contributed by atoms with Gasteiger partial charge in [0.15, 0.2) is 0 Å². The predicted molar refractivity (Wildman–Crippen MR) is 227 cm³/mol. The number of hydrogen-bond donors (Lipinski definition) is 1. The van der Waals surface area contributed by atoms with Crippen molar-refractivity contribution in [3.63, 3.8) is 0 Å². The van der Waals surface area contributed by atoms with Gasteiger partial charge in [-0.15, -0.1) is 34.0 Å². The molecule has 2 bridgehead atoms. The van der Waals surface area contributed by atoms with Gasteiger partial charge in [-0.1, -0.05) is 92.6 Å². The highest BCUT2D eigenvalue weighted by Gasteiger charge is 2.68. The minimum absolute atomic E-state index is 0.0179. The minimum Gasteiger partial charge on any atom is -0.410 e. The SMILES string of the molecule is CC(C)[Si](O[C@@H]1[C@H](NC(=O)c2cc3c(ccc4sc(/C=C\c5cc6c(ccc7ccccc76)s5)cc43)s2)[C@H]2CC[C@]1(C)C2(C)C)(C(C)C)C(C)C. The molecule has 8 rings (SSSR count). The van der Waals surface area contributed by atoms with Crippen LogP contribution in [0.1, 0.15) is 94.6 Å². The second-order valence-corrected chi connectivity index (χ2v) is 25.7. The van der Waals surface area contributed by atoms with Crippen LogP contribution in [0.15, 0.2) is 66.7 Å². The van der Waals surface area contributed by atoms with Crippen LogP contribution in [0.3, 0.4) is 0 Å². The van der Waals surface area contributed by atoms with Gasteiger partial charge >= 0.3 is 0 Å². The van der Waals surface area contributed by atoms with E-state index >= 15 is 0 Å². The predicted octanol–water partition coefficient (Wildman–Crippen LogP) is 13.8. The lowest BCUT2D eigenvalue weighted by molar-refractivity contribution is 0.00664. The van der Waals surface area contributed by atoms with Gasteiger partial charge in [0, 0.05) is 40.0 Å². The number of benzene rings is 3. The number of nitrogens with one attached hydrogen (secondary N) is 1. The smallest absolute Gasteiger partial charge is 0.261 e. The molecule has 0 unspecified atom stereocenters. The lowest BCUT2D eigenvalue weighted by Crippen LogP contribution is -2.58. The topological polar surface area (TPSA) is 38.3 Å². The van der Waals surface area contributed by atoms with Gasteiger partial charge in [-0.3, -0.25) is 4.79 Å². The number of rotatable bonds is 9. The quantitative estimate of drug-likeness (QED) is 0.150. The molecule has 0 radical (unpaired) electrons. The van der Waals surface area contributed by atoms with Crippen LogP contribution in [0.25, 0.3) is 53.2 Å². The number of carbonyl (C=O) groups is 1. The Morgan fingerprint density at radius 2 is 1.31 bits per heavy atom. The molecule has 0 aliphatic heterocycles. The molecule has 1 amide bonds. The van der Waals surface area contributed by atoms with Gasteiger partial charge in [-0.05, 0) is 106 Å². The zero-order valence-corrected chi connectivity index (χ0v) is 34.9. The Morgan fingerprint density at radius 1 is 0.765 bits per heavy atom. The standard InChI is InChI=1S/C44H51NO2S3Si/c1-25(2)51(26(3)4,27(5)6)47-41-40(35-20-21-44(41,9)43(35,7)8)45-42(46)39-24-34-33-23-30(49-37(33)18-19-38(34)50-39)16-15-29-22-32-31-13-11-10-12-28(31)14-17-36(32)48-29/h10-19,22-27,35,40-41H,20-21H2,1-9H3,(H,45,46)/b16-15-/t35-,40-,41-,44+/m1/s1. The largest absolute Gasteiger partial charge is 0.410 e. The Labute approximate surface area is 316 Å². The van der Waals surface area contributed by atoms with Gasteiger partial charge in [0.25, 0.3) is 5.91 Å². The molecule has 2 aliphatic carbocycles. The third kappa shape index (κ3) is 5.43. The fourth-order valence-electron chi connectivity index (χ4n) is 10.4. The Balaban J connectivity index is 1.08. The van der Waals surface area contributed by atoms with Gasteiger partial charge < -0.3 is 9.74 Å². The molecular formula is C44H51NO2S3Si. The molecule has 2 saturated carbocycles. The molecule has 1 N–H and O–H groups in total. The Hall–Kier alpha value is -2.81. The van der Waals surface area contributed by atoms with Crippen LogP contribution in [-0.4, -0.2) is 26.4 Å². The first kappa shape index (κ1) is 35.2. The highest BCUT2D eigenvalue weighted by molar-refractivity contribution is 7.22. The van der Waals surface area contributed by atoms with Gasteiger partial charge in [0.05, 0.1) is 17.0 Å². The van der Waals surface area contributed by atoms with Crippen molar-refractivity contribution in [2.45, 2.75) is 104 Å². The monoisotopic (exact) mass is 749 g/mol. The van der Waals surface area contributed by atoms with E-state index in [0.717, 1.165) is 22.4 Å². The summed E-state index contributed by atoms with van der Waals surface area (Å²) in [4.78, 5) is 17.6. The maximum atomic E-state index is 14.3. The minimum atomic E-state index is -2.17. The average Bonchev–Trinajstić information content (AvgIpc) is 3.88. The van der Waals surface area contributed by atoms with Gasteiger partial charge in [0.1, 0.15) is 0 Å². The third-order valence-corrected chi connectivity index (χ3v) is 22.7. The van der Waals surface area contributed by atoms with E-state index in [1.54, 1.807) is 11.3 Å². The lowest BCUT2D eigenvalue weighted by atomic mass is 9.70. The first-order valence-electron chi connectivity index (χ1n) is 18.8. The van der Waals surface area contributed by atoms with Crippen molar-refractivity contribution >= 4 is 101 Å². The summed E-state index contributed by atoms with van der Waals surface area (Å²) in [6.07, 6.45) is 6.83. The van der Waals surface area contributed by atoms with E-state index in [1.165, 1.54) is 46.1 Å². The second-order valence-electron chi connectivity index (χ2n) is 17.0. The normalized spacial score (nSPS) is 23.5. The summed E-state index contributed by atoms with van der Waals surface area (Å²) in [5.74, 6) is 0.454. The van der Waals surface area contributed by atoms with Crippen molar-refractivity contribution in [3.8, 4) is 0 Å². The van der Waals surface area contributed by atoms with Crippen LogP contribution in [0.2, 0.25) is 16.6 Å². The fourth-order valence-corrected chi connectivity index (χ4v) is 19.0. The maximum Gasteiger partial charge on any atom is 0.261 e. The number of hydrogen-bond acceptors (Lipinski definition) is 5. The first-order valence-corrected chi connectivity index (χ1v) is 23.4. The third-order valence-electron chi connectivity index (χ3n) is 13.4. The average molecular weight is 750 g/mol. The van der Waals surface area contributed by atoms with Gasteiger partial charge in [0.2, 0.25) is 8.32 Å². The fraction of sp³-hybridized carbons (Fsp3) is 0.432. The molecule has 4 atom stereocenters. The molecule has 3 aromatic heterocycles. The summed E-state index contributed by atoms with van der Waals surface area (Å²) in [6.45, 7) is 21.5. The Kier molecular flexibility index (Phi) is 8.74. The maximum absolute atomic E-state index is 14.3. The summed E-state index contributed by atoms with van der Waals surface area (Å²) < 4.78 is 11.4. The molecule has 51 heavy (non-hydrogen) atoms. The van der Waals surface area contributed by atoms with E-state index < -0.39 is 8.32 Å². The van der Waals surface area contributed by atoms with E-state index in [0.29, 0.717) is 22.5 Å². The van der Waals surface area contributed by atoms with Crippen molar-refractivity contribution < 1.29 is 9.22 Å². The van der Waals surface area contributed by atoms with Crippen molar-refractivity contribution in [2.24, 2.45) is 16.7 Å². The molecule has 3 nitrogen and oxygen atoms in total. The molecule has 2 aliphatic rings. The van der Waals surface area contributed by atoms with E-state index in [1.807, 2.05) is 22.7 Å². The van der Waals surface area contributed by atoms with Gasteiger partial charge in [-0.25, -0.2) is 0 Å². The summed E-state index contributed by atoms with van der Waals surface area (Å²) in [6, 6.07) is 24.3. The molecule has 3 heterocycles. The molecule has 3 aromatic carbocycles. The molecule has 0 spiro atoms. The zero-order chi connectivity index (χ0) is 36.0. The van der Waals surface area contributed by atoms with Crippen LogP contribution in [0.4, 0.5) is 0 Å². The van der Waals surface area contributed by atoms with Crippen molar-refractivity contribution in [1.82, 2.24) is 5.32 Å². The summed E-state index contributed by atoms with van der Waals surface area (Å²) in [5.41, 5.74) is 1.63. The molecule has 6 aromatic rings. The number of carbonyl (C=O) groups excluding carboxylic acids is 1. The second kappa shape index (κ2) is 12.7. The molecule has 0 saturated heterocycles. The van der Waals surface area contributed by atoms with Crippen LogP contribution in [-0.2, 0) is 4.43 Å². The van der Waals surface area contributed by atoms with E-state index in [2.05, 4.69) is 147 Å². The highest BCUT2D eigenvalue weighted by atomic mass is 32.1. The van der Waals surface area contributed by atoms with Crippen molar-refractivity contribution in [1.29, 1.82) is 0 Å². The first-order chi connectivity index (χ1) is 24.2. The number of fused-ring (bicyclic) bond motifs is 8. The van der Waals surface area contributed by atoms with Crippen molar-refractivity contribution in [2.75, 3.05) is 0 Å². The summed E-state index contributed by atoms with van der Waals surface area (Å²) >= 11 is 5.27. The number of amides is 1. The molecular weight excluding hydrogens is 699 g/mol. The molecule has 7 heteroatoms. The van der Waals surface area contributed by atoms with Crippen LogP contribution in [0, 0.1) is 16.7 Å². The summed E-state index contributed by atoms with van der Waals surface area (Å²) in [7, 11) is -2.17. The van der Waals surface area contributed by atoms with E-state index in [9.17, 15) is 4.79 Å². The van der Waals surface area contributed by atoms with Crippen LogP contribution >= 0.6 is 34.0 Å². The van der Waals surface area contributed by atoms with Crippen LogP contribution in [0.5, 0.6) is 0 Å². The van der Waals surface area contributed by atoms with Crippen molar-refractivity contribution in [3.05, 3.63) is 81.4 Å². The van der Waals surface area contributed by atoms with Gasteiger partial charge in [-0.2, -0.15) is 0 Å². The zero-order valence-electron chi connectivity index (χ0n) is 31.4. The molecule has 2 fully saturated rings. The summed E-state index contributed by atoms with van der Waals surface area (Å²) in [5, 5.41) is 9.95. The molecule has 266 valence electrons. The Bertz CT molecular complexity index is 2300.